The molecule has 0 saturated heterocycles. The summed E-state index contributed by atoms with van der Waals surface area (Å²) in [5.41, 5.74) is -0.00253. The Morgan fingerprint density at radius 2 is 1.75 bits per heavy atom. The van der Waals surface area contributed by atoms with Gasteiger partial charge in [-0.2, -0.15) is 0 Å². The molecule has 7 heteroatoms. The maximum atomic E-state index is 11.1. The van der Waals surface area contributed by atoms with Crippen LogP contribution in [0, 0.1) is 20.2 Å². The van der Waals surface area contributed by atoms with Crippen LogP contribution in [0.15, 0.2) is 18.2 Å². The van der Waals surface area contributed by atoms with Gasteiger partial charge in [0.05, 0.1) is 15.9 Å². The van der Waals surface area contributed by atoms with E-state index < -0.39 is 9.85 Å². The quantitative estimate of drug-likeness (QED) is 0.623. The van der Waals surface area contributed by atoms with Crippen molar-refractivity contribution in [1.29, 1.82) is 0 Å². The number of rotatable bonds is 4. The number of non-ortho nitro benzene ring substituents is 1. The minimum Gasteiger partial charge on any atom is -0.366 e. The number of benzene rings is 1. The van der Waals surface area contributed by atoms with Crippen LogP contribution in [0.2, 0.25) is 0 Å². The van der Waals surface area contributed by atoms with Gasteiger partial charge in [-0.3, -0.25) is 20.2 Å². The van der Waals surface area contributed by atoms with E-state index in [2.05, 4.69) is 0 Å². The molecule has 0 aliphatic heterocycles. The Bertz CT molecular complexity index is 526. The molecule has 1 aliphatic carbocycles. The third-order valence-electron chi connectivity index (χ3n) is 3.87. The largest absolute Gasteiger partial charge is 0.366 e. The smallest absolute Gasteiger partial charge is 0.299 e. The van der Waals surface area contributed by atoms with E-state index >= 15 is 0 Å². The standard InChI is InChI=1S/C13H17N3O4/c1-14(10-5-3-2-4-6-10)12-8-7-11(15(17)18)9-13(12)16(19)20/h7-10H,2-6H2,1H3. The normalized spacial score (nSPS) is 15.8. The summed E-state index contributed by atoms with van der Waals surface area (Å²) in [4.78, 5) is 22.6. The van der Waals surface area contributed by atoms with E-state index in [0.29, 0.717) is 5.69 Å². The molecule has 1 saturated carbocycles. The van der Waals surface area contributed by atoms with Crippen LogP contribution in [0.25, 0.3) is 0 Å². The summed E-state index contributed by atoms with van der Waals surface area (Å²) in [6.07, 6.45) is 5.45. The van der Waals surface area contributed by atoms with Crippen molar-refractivity contribution in [2.75, 3.05) is 11.9 Å². The Labute approximate surface area is 116 Å². The van der Waals surface area contributed by atoms with Gasteiger partial charge in [0.1, 0.15) is 5.69 Å². The van der Waals surface area contributed by atoms with Gasteiger partial charge in [-0.25, -0.2) is 0 Å². The van der Waals surface area contributed by atoms with Gasteiger partial charge in [-0.1, -0.05) is 19.3 Å². The van der Waals surface area contributed by atoms with Crippen molar-refractivity contribution in [3.63, 3.8) is 0 Å². The second kappa shape index (κ2) is 5.85. The molecule has 0 radical (unpaired) electrons. The predicted molar refractivity (Wildman–Crippen MR) is 75.0 cm³/mol. The van der Waals surface area contributed by atoms with E-state index in [-0.39, 0.29) is 17.4 Å². The second-order valence-electron chi connectivity index (χ2n) is 5.09. The molecular formula is C13H17N3O4. The number of nitro benzene ring substituents is 2. The third-order valence-corrected chi connectivity index (χ3v) is 3.87. The molecule has 2 rings (SSSR count). The highest BCUT2D eigenvalue weighted by Crippen LogP contribution is 2.34. The lowest BCUT2D eigenvalue weighted by atomic mass is 9.94. The first-order valence-electron chi connectivity index (χ1n) is 6.66. The minimum absolute atomic E-state index is 0.202. The highest BCUT2D eigenvalue weighted by Gasteiger charge is 2.26. The molecule has 0 N–H and O–H groups in total. The summed E-state index contributed by atoms with van der Waals surface area (Å²) in [5, 5.41) is 21.9. The van der Waals surface area contributed by atoms with Crippen molar-refractivity contribution in [2.24, 2.45) is 0 Å². The van der Waals surface area contributed by atoms with Crippen molar-refractivity contribution >= 4 is 17.1 Å². The number of anilines is 1. The monoisotopic (exact) mass is 279 g/mol. The van der Waals surface area contributed by atoms with Gasteiger partial charge in [0, 0.05) is 19.2 Å². The highest BCUT2D eigenvalue weighted by atomic mass is 16.6. The average molecular weight is 279 g/mol. The Hall–Kier alpha value is -2.18. The molecule has 0 aromatic heterocycles. The Balaban J connectivity index is 2.34. The first kappa shape index (κ1) is 14.2. The van der Waals surface area contributed by atoms with Gasteiger partial charge in [-0.05, 0) is 18.9 Å². The van der Waals surface area contributed by atoms with Crippen LogP contribution < -0.4 is 4.90 Å². The van der Waals surface area contributed by atoms with Gasteiger partial charge in [0.2, 0.25) is 0 Å². The lowest BCUT2D eigenvalue weighted by Gasteiger charge is -2.32. The minimum atomic E-state index is -0.614. The van der Waals surface area contributed by atoms with Crippen molar-refractivity contribution in [3.8, 4) is 0 Å². The topological polar surface area (TPSA) is 89.5 Å². The Kier molecular flexibility index (Phi) is 4.16. The molecular weight excluding hydrogens is 262 g/mol. The molecule has 20 heavy (non-hydrogen) atoms. The molecule has 1 aliphatic rings. The van der Waals surface area contributed by atoms with Crippen LogP contribution in [0.5, 0.6) is 0 Å². The van der Waals surface area contributed by atoms with Crippen LogP contribution in [-0.4, -0.2) is 22.9 Å². The zero-order valence-corrected chi connectivity index (χ0v) is 11.3. The summed E-state index contributed by atoms with van der Waals surface area (Å²) in [6.45, 7) is 0. The molecule has 0 spiro atoms. The molecule has 7 nitrogen and oxygen atoms in total. The fraction of sp³-hybridized carbons (Fsp3) is 0.538. The average Bonchev–Trinajstić information content (AvgIpc) is 2.46. The fourth-order valence-electron chi connectivity index (χ4n) is 2.73. The van der Waals surface area contributed by atoms with Gasteiger partial charge in [0.15, 0.2) is 0 Å². The van der Waals surface area contributed by atoms with Gasteiger partial charge in [0.25, 0.3) is 11.4 Å². The second-order valence-corrected chi connectivity index (χ2v) is 5.09. The van der Waals surface area contributed by atoms with Gasteiger partial charge >= 0.3 is 0 Å². The van der Waals surface area contributed by atoms with E-state index in [0.717, 1.165) is 31.7 Å². The SMILES string of the molecule is CN(c1ccc([N+](=O)[O-])cc1[N+](=O)[O-])C1CCCCC1. The zero-order valence-electron chi connectivity index (χ0n) is 11.3. The van der Waals surface area contributed by atoms with E-state index in [1.807, 2.05) is 11.9 Å². The van der Waals surface area contributed by atoms with Crippen LogP contribution in [0.4, 0.5) is 17.1 Å². The Morgan fingerprint density at radius 3 is 2.30 bits per heavy atom. The first-order valence-corrected chi connectivity index (χ1v) is 6.66. The van der Waals surface area contributed by atoms with E-state index in [1.54, 1.807) is 0 Å². The molecule has 0 bridgehead atoms. The molecule has 1 aromatic rings. The van der Waals surface area contributed by atoms with E-state index in [4.69, 9.17) is 0 Å². The fourth-order valence-corrected chi connectivity index (χ4v) is 2.73. The summed E-state index contributed by atoms with van der Waals surface area (Å²) in [7, 11) is 1.82. The number of hydrogen-bond donors (Lipinski definition) is 0. The van der Waals surface area contributed by atoms with E-state index in [9.17, 15) is 20.2 Å². The maximum absolute atomic E-state index is 11.1. The maximum Gasteiger partial charge on any atom is 0.299 e. The van der Waals surface area contributed by atoms with Crippen molar-refractivity contribution in [1.82, 2.24) is 0 Å². The van der Waals surface area contributed by atoms with Crippen LogP contribution in [0.3, 0.4) is 0 Å². The Morgan fingerprint density at radius 1 is 1.10 bits per heavy atom. The van der Waals surface area contributed by atoms with Crippen LogP contribution in [0.1, 0.15) is 32.1 Å². The van der Waals surface area contributed by atoms with Crippen LogP contribution >= 0.6 is 0 Å². The van der Waals surface area contributed by atoms with Crippen molar-refractivity contribution < 1.29 is 9.85 Å². The zero-order chi connectivity index (χ0) is 14.7. The number of nitro groups is 2. The molecule has 0 heterocycles. The number of nitrogens with zero attached hydrogens (tertiary/aromatic N) is 3. The lowest BCUT2D eigenvalue weighted by Crippen LogP contribution is -2.33. The van der Waals surface area contributed by atoms with Crippen molar-refractivity contribution in [2.45, 2.75) is 38.1 Å². The molecule has 0 amide bonds. The van der Waals surface area contributed by atoms with Gasteiger partial charge < -0.3 is 4.90 Å². The molecule has 0 unspecified atom stereocenters. The van der Waals surface area contributed by atoms with Gasteiger partial charge in [-0.15, -0.1) is 0 Å². The van der Waals surface area contributed by atoms with Crippen molar-refractivity contribution in [3.05, 3.63) is 38.4 Å². The highest BCUT2D eigenvalue weighted by molar-refractivity contribution is 5.66. The summed E-state index contributed by atoms with van der Waals surface area (Å²) in [5.74, 6) is 0. The molecule has 0 atom stereocenters. The summed E-state index contributed by atoms with van der Waals surface area (Å²) >= 11 is 0. The molecule has 1 aromatic carbocycles. The van der Waals surface area contributed by atoms with Crippen LogP contribution in [-0.2, 0) is 0 Å². The predicted octanol–water partition coefficient (Wildman–Crippen LogP) is 3.27. The molecule has 1 fully saturated rings. The first-order chi connectivity index (χ1) is 9.50. The number of hydrogen-bond acceptors (Lipinski definition) is 5. The summed E-state index contributed by atoms with van der Waals surface area (Å²) in [6, 6.07) is 4.10. The third kappa shape index (κ3) is 2.87. The molecule has 108 valence electrons. The van der Waals surface area contributed by atoms with E-state index in [1.165, 1.54) is 18.6 Å². The summed E-state index contributed by atoms with van der Waals surface area (Å²) < 4.78 is 0. The lowest BCUT2D eigenvalue weighted by molar-refractivity contribution is -0.393.